The smallest absolute Gasteiger partial charge is 0.387 e. The van der Waals surface area contributed by atoms with E-state index in [0.717, 1.165) is 11.3 Å². The molecule has 2 heterocycles. The van der Waals surface area contributed by atoms with Crippen molar-refractivity contribution in [1.82, 2.24) is 4.98 Å². The SMILES string of the molecule is CCOC(=O)c1sc(N)c(C#N)c1COC(=O)c1cc(-c2ccc(OC(F)F)cc2)nc2ccccc12. The summed E-state index contributed by atoms with van der Waals surface area (Å²) < 4.78 is 39.9. The Hall–Kier alpha value is -4.56. The molecule has 4 aromatic rings. The number of alkyl halides is 2. The number of pyridine rings is 1. The Morgan fingerprint density at radius 3 is 2.51 bits per heavy atom. The summed E-state index contributed by atoms with van der Waals surface area (Å²) in [5.41, 5.74) is 7.76. The number of carbonyl (C=O) groups excluding carboxylic acids is 2. The van der Waals surface area contributed by atoms with Crippen molar-refractivity contribution in [1.29, 1.82) is 5.26 Å². The number of hydrogen-bond donors (Lipinski definition) is 1. The van der Waals surface area contributed by atoms with Gasteiger partial charge in [0.15, 0.2) is 0 Å². The molecule has 0 aliphatic heterocycles. The van der Waals surface area contributed by atoms with Crippen LogP contribution in [-0.4, -0.2) is 30.1 Å². The van der Waals surface area contributed by atoms with Gasteiger partial charge in [0.1, 0.15) is 28.3 Å². The molecule has 0 atom stereocenters. The number of thiophene rings is 1. The zero-order chi connectivity index (χ0) is 26.5. The van der Waals surface area contributed by atoms with Crippen LogP contribution < -0.4 is 10.5 Å². The lowest BCUT2D eigenvalue weighted by Crippen LogP contribution is -2.11. The highest BCUT2D eigenvalue weighted by atomic mass is 32.1. The van der Waals surface area contributed by atoms with Gasteiger partial charge in [0.25, 0.3) is 0 Å². The number of esters is 2. The average molecular weight is 524 g/mol. The van der Waals surface area contributed by atoms with Crippen molar-refractivity contribution >= 4 is 39.2 Å². The van der Waals surface area contributed by atoms with Crippen molar-refractivity contribution in [3.63, 3.8) is 0 Å². The van der Waals surface area contributed by atoms with E-state index < -0.39 is 18.6 Å². The minimum atomic E-state index is -2.95. The molecule has 0 spiro atoms. The fraction of sp³-hybridized carbons (Fsp3) is 0.154. The van der Waals surface area contributed by atoms with Gasteiger partial charge in [0.2, 0.25) is 0 Å². The summed E-state index contributed by atoms with van der Waals surface area (Å²) in [6.07, 6.45) is 0. The van der Waals surface area contributed by atoms with Gasteiger partial charge >= 0.3 is 18.6 Å². The number of rotatable bonds is 8. The van der Waals surface area contributed by atoms with E-state index >= 15 is 0 Å². The van der Waals surface area contributed by atoms with Crippen LogP contribution in [0.4, 0.5) is 13.8 Å². The number of para-hydroxylation sites is 1. The molecule has 2 N–H and O–H groups in total. The molecule has 37 heavy (non-hydrogen) atoms. The Morgan fingerprint density at radius 2 is 1.84 bits per heavy atom. The molecule has 8 nitrogen and oxygen atoms in total. The lowest BCUT2D eigenvalue weighted by molar-refractivity contribution is -0.0498. The van der Waals surface area contributed by atoms with Crippen LogP contribution in [0.2, 0.25) is 0 Å². The summed E-state index contributed by atoms with van der Waals surface area (Å²) in [7, 11) is 0. The number of halogens is 2. The number of ether oxygens (including phenoxy) is 3. The molecule has 11 heteroatoms. The molecule has 0 saturated heterocycles. The number of aromatic nitrogens is 1. The summed E-state index contributed by atoms with van der Waals surface area (Å²) in [4.78, 5) is 30.2. The highest BCUT2D eigenvalue weighted by molar-refractivity contribution is 7.18. The first-order valence-corrected chi connectivity index (χ1v) is 11.7. The third-order valence-electron chi connectivity index (χ3n) is 5.27. The predicted octanol–water partition coefficient (Wildman–Crippen LogP) is 5.55. The van der Waals surface area contributed by atoms with Crippen LogP contribution >= 0.6 is 11.3 Å². The maximum Gasteiger partial charge on any atom is 0.387 e. The van der Waals surface area contributed by atoms with E-state index in [4.69, 9.17) is 15.2 Å². The zero-order valence-corrected chi connectivity index (χ0v) is 20.2. The molecule has 2 aromatic carbocycles. The van der Waals surface area contributed by atoms with Gasteiger partial charge in [-0.15, -0.1) is 11.3 Å². The molecule has 2 aromatic heterocycles. The lowest BCUT2D eigenvalue weighted by atomic mass is 10.0. The molecular weight excluding hydrogens is 504 g/mol. The van der Waals surface area contributed by atoms with E-state index in [1.165, 1.54) is 18.2 Å². The van der Waals surface area contributed by atoms with Gasteiger partial charge in [0.05, 0.1) is 28.9 Å². The summed E-state index contributed by atoms with van der Waals surface area (Å²) >= 11 is 0.890. The van der Waals surface area contributed by atoms with Crippen LogP contribution in [0.3, 0.4) is 0 Å². The van der Waals surface area contributed by atoms with E-state index in [9.17, 15) is 23.6 Å². The van der Waals surface area contributed by atoms with Gasteiger partial charge in [-0.1, -0.05) is 18.2 Å². The van der Waals surface area contributed by atoms with Crippen molar-refractivity contribution in [2.24, 2.45) is 0 Å². The summed E-state index contributed by atoms with van der Waals surface area (Å²) in [6.45, 7) is -1.56. The third kappa shape index (κ3) is 5.49. The average Bonchev–Trinajstić information content (AvgIpc) is 3.22. The first-order valence-electron chi connectivity index (χ1n) is 10.9. The van der Waals surface area contributed by atoms with E-state index in [2.05, 4.69) is 9.72 Å². The first-order chi connectivity index (χ1) is 17.8. The molecule has 0 saturated carbocycles. The number of nitrogens with zero attached hydrogens (tertiary/aromatic N) is 2. The van der Waals surface area contributed by atoms with E-state index in [-0.39, 0.29) is 45.5 Å². The number of fused-ring (bicyclic) bond motifs is 1. The van der Waals surface area contributed by atoms with Crippen molar-refractivity contribution in [2.45, 2.75) is 20.1 Å². The number of anilines is 1. The van der Waals surface area contributed by atoms with Gasteiger partial charge in [-0.05, 0) is 43.3 Å². The Morgan fingerprint density at radius 1 is 1.11 bits per heavy atom. The minimum absolute atomic E-state index is 0.0140. The van der Waals surface area contributed by atoms with Gasteiger partial charge in [-0.2, -0.15) is 14.0 Å². The second-order valence-corrected chi connectivity index (χ2v) is 8.58. The van der Waals surface area contributed by atoms with E-state index in [1.807, 2.05) is 6.07 Å². The van der Waals surface area contributed by atoms with Crippen LogP contribution in [0.1, 0.15) is 38.1 Å². The van der Waals surface area contributed by atoms with Crippen molar-refractivity contribution < 1.29 is 32.6 Å². The molecular formula is C26H19F2N3O5S. The fourth-order valence-electron chi connectivity index (χ4n) is 3.62. The van der Waals surface area contributed by atoms with Gasteiger partial charge in [0, 0.05) is 16.5 Å². The molecule has 0 amide bonds. The number of benzene rings is 2. The maximum absolute atomic E-state index is 13.2. The summed E-state index contributed by atoms with van der Waals surface area (Å²) in [5, 5.41) is 10.1. The van der Waals surface area contributed by atoms with Gasteiger partial charge < -0.3 is 19.9 Å². The number of carbonyl (C=O) groups is 2. The molecule has 4 rings (SSSR count). The Labute approximate surface area is 213 Å². The highest BCUT2D eigenvalue weighted by Gasteiger charge is 2.25. The van der Waals surface area contributed by atoms with E-state index in [1.54, 1.807) is 43.3 Å². The lowest BCUT2D eigenvalue weighted by Gasteiger charge is -2.11. The van der Waals surface area contributed by atoms with Gasteiger partial charge in [-0.25, -0.2) is 14.6 Å². The highest BCUT2D eigenvalue weighted by Crippen LogP contribution is 2.33. The summed E-state index contributed by atoms with van der Waals surface area (Å²) in [6, 6.07) is 16.2. The number of nitrogens with two attached hydrogens (primary N) is 1. The Bertz CT molecular complexity index is 1510. The molecule has 188 valence electrons. The Kier molecular flexibility index (Phi) is 7.60. The molecule has 0 aliphatic carbocycles. The van der Waals surface area contributed by atoms with Crippen LogP contribution in [0.15, 0.2) is 54.6 Å². The van der Waals surface area contributed by atoms with Crippen LogP contribution in [0, 0.1) is 11.3 Å². The zero-order valence-electron chi connectivity index (χ0n) is 19.4. The fourth-order valence-corrected chi connectivity index (χ4v) is 4.54. The predicted molar refractivity (Wildman–Crippen MR) is 132 cm³/mol. The molecule has 0 bridgehead atoms. The van der Waals surface area contributed by atoms with Crippen molar-refractivity contribution in [2.75, 3.05) is 12.3 Å². The standard InChI is InChI=1S/C26H19F2N3O5S/c1-2-34-25(33)22-19(18(12-29)23(30)37-22)13-35-24(32)17-11-21(31-20-6-4-3-5-16(17)20)14-7-9-15(10-8-14)36-26(27)28/h3-11,26H,2,13,30H2,1H3. The summed E-state index contributed by atoms with van der Waals surface area (Å²) in [5.74, 6) is -1.40. The van der Waals surface area contributed by atoms with Crippen molar-refractivity contribution in [3.8, 4) is 23.1 Å². The topological polar surface area (TPSA) is 125 Å². The van der Waals surface area contributed by atoms with Crippen LogP contribution in [0.5, 0.6) is 5.75 Å². The monoisotopic (exact) mass is 523 g/mol. The Balaban J connectivity index is 1.67. The minimum Gasteiger partial charge on any atom is -0.462 e. The van der Waals surface area contributed by atoms with Crippen LogP contribution in [-0.2, 0) is 16.1 Å². The van der Waals surface area contributed by atoms with Crippen LogP contribution in [0.25, 0.3) is 22.2 Å². The number of nitrogen functional groups attached to an aromatic ring is 1. The maximum atomic E-state index is 13.2. The quantitative estimate of drug-likeness (QED) is 0.298. The second-order valence-electron chi connectivity index (χ2n) is 7.53. The molecule has 0 radical (unpaired) electrons. The molecule has 0 aliphatic rings. The third-order valence-corrected chi connectivity index (χ3v) is 6.31. The molecule has 0 unspecified atom stereocenters. The first kappa shape index (κ1) is 25.5. The normalized spacial score (nSPS) is 10.8. The molecule has 0 fully saturated rings. The number of hydrogen-bond acceptors (Lipinski definition) is 9. The number of nitriles is 1. The van der Waals surface area contributed by atoms with E-state index in [0.29, 0.717) is 22.2 Å². The van der Waals surface area contributed by atoms with Gasteiger partial charge in [-0.3, -0.25) is 0 Å². The van der Waals surface area contributed by atoms with Crippen molar-refractivity contribution in [3.05, 3.63) is 76.2 Å². The largest absolute Gasteiger partial charge is 0.462 e. The second kappa shape index (κ2) is 11.0.